The summed E-state index contributed by atoms with van der Waals surface area (Å²) >= 11 is 0. The number of carbonyl (C=O) groups excluding carboxylic acids is 1. The molecule has 2 N–H and O–H groups in total. The van der Waals surface area contributed by atoms with Crippen LogP contribution in [-0.4, -0.2) is 26.8 Å². The summed E-state index contributed by atoms with van der Waals surface area (Å²) in [6, 6.07) is 14.7. The van der Waals surface area contributed by atoms with Crippen LogP contribution in [-0.2, 0) is 4.79 Å². The molecule has 2 aromatic carbocycles. The Hall–Kier alpha value is -3.41. The average molecular weight is 361 g/mol. The van der Waals surface area contributed by atoms with Crippen LogP contribution < -0.4 is 5.32 Å². The van der Waals surface area contributed by atoms with Crippen molar-refractivity contribution in [1.82, 2.24) is 9.78 Å². The van der Waals surface area contributed by atoms with E-state index in [1.165, 1.54) is 0 Å². The van der Waals surface area contributed by atoms with Crippen LogP contribution in [0.15, 0.2) is 48.5 Å². The fourth-order valence-corrected chi connectivity index (χ4v) is 3.56. The van der Waals surface area contributed by atoms with Crippen LogP contribution in [0.5, 0.6) is 0 Å². The molecule has 136 valence electrons. The monoisotopic (exact) mass is 361 g/mol. The van der Waals surface area contributed by atoms with Gasteiger partial charge in [0.15, 0.2) is 0 Å². The molecular weight excluding hydrogens is 342 g/mol. The topological polar surface area (TPSA) is 84.2 Å². The standard InChI is InChI=1S/C21H19N3O3/c1-12-3-9-16(10-4-12)24-20-19(13(2)23-24)17(11-18(25)22-20)14-5-7-15(8-6-14)21(26)27/h3-10,17H,11H2,1-2H3,(H,22,25)(H,26,27)/t17-/m1/s1. The van der Waals surface area contributed by atoms with Gasteiger partial charge in [-0.1, -0.05) is 29.8 Å². The van der Waals surface area contributed by atoms with E-state index in [9.17, 15) is 9.59 Å². The van der Waals surface area contributed by atoms with Crippen molar-refractivity contribution < 1.29 is 14.7 Å². The Morgan fingerprint density at radius 3 is 2.41 bits per heavy atom. The zero-order valence-corrected chi connectivity index (χ0v) is 15.1. The first-order valence-electron chi connectivity index (χ1n) is 8.73. The largest absolute Gasteiger partial charge is 0.478 e. The number of aryl methyl sites for hydroxylation is 2. The molecule has 1 aliphatic rings. The smallest absolute Gasteiger partial charge is 0.335 e. The van der Waals surface area contributed by atoms with Crippen LogP contribution in [0.2, 0.25) is 0 Å². The third-order valence-electron chi connectivity index (χ3n) is 4.94. The molecule has 0 saturated heterocycles. The second kappa shape index (κ2) is 6.39. The van der Waals surface area contributed by atoms with Crippen molar-refractivity contribution in [3.8, 4) is 5.69 Å². The number of carbonyl (C=O) groups is 2. The van der Waals surface area contributed by atoms with Crippen molar-refractivity contribution in [3.63, 3.8) is 0 Å². The average Bonchev–Trinajstić information content (AvgIpc) is 2.98. The van der Waals surface area contributed by atoms with Gasteiger partial charge in [-0.15, -0.1) is 0 Å². The predicted octanol–water partition coefficient (Wildman–Crippen LogP) is 3.66. The minimum atomic E-state index is -0.966. The van der Waals surface area contributed by atoms with Gasteiger partial charge in [-0.05, 0) is 43.7 Å². The number of carboxylic acid groups (broad SMARTS) is 1. The van der Waals surface area contributed by atoms with E-state index in [1.807, 2.05) is 38.1 Å². The first-order valence-corrected chi connectivity index (χ1v) is 8.73. The predicted molar refractivity (Wildman–Crippen MR) is 102 cm³/mol. The second-order valence-electron chi connectivity index (χ2n) is 6.83. The number of carboxylic acids is 1. The van der Waals surface area contributed by atoms with E-state index in [0.29, 0.717) is 12.2 Å². The lowest BCUT2D eigenvalue weighted by Crippen LogP contribution is -2.25. The molecule has 6 heteroatoms. The van der Waals surface area contributed by atoms with Crippen molar-refractivity contribution >= 4 is 17.7 Å². The molecule has 0 spiro atoms. The highest BCUT2D eigenvalue weighted by atomic mass is 16.4. The molecule has 0 fully saturated rings. The first-order chi connectivity index (χ1) is 12.9. The molecule has 27 heavy (non-hydrogen) atoms. The molecule has 6 nitrogen and oxygen atoms in total. The zero-order valence-electron chi connectivity index (χ0n) is 15.1. The maximum Gasteiger partial charge on any atom is 0.335 e. The van der Waals surface area contributed by atoms with Gasteiger partial charge >= 0.3 is 5.97 Å². The molecule has 0 radical (unpaired) electrons. The molecule has 3 aromatic rings. The second-order valence-corrected chi connectivity index (χ2v) is 6.83. The van der Waals surface area contributed by atoms with Crippen LogP contribution in [0, 0.1) is 13.8 Å². The van der Waals surface area contributed by atoms with Crippen molar-refractivity contribution in [2.75, 3.05) is 5.32 Å². The molecule has 0 saturated carbocycles. The van der Waals surface area contributed by atoms with Crippen LogP contribution in [0.25, 0.3) is 5.69 Å². The Labute approximate surface area is 156 Å². The van der Waals surface area contributed by atoms with Crippen molar-refractivity contribution in [3.05, 3.63) is 76.5 Å². The SMILES string of the molecule is Cc1ccc(-n2nc(C)c3c2NC(=O)C[C@@H]3c2ccc(C(=O)O)cc2)cc1. The van der Waals surface area contributed by atoms with E-state index in [1.54, 1.807) is 28.9 Å². The lowest BCUT2D eigenvalue weighted by atomic mass is 9.85. The van der Waals surface area contributed by atoms with E-state index < -0.39 is 5.97 Å². The normalized spacial score (nSPS) is 15.9. The van der Waals surface area contributed by atoms with Crippen molar-refractivity contribution in [1.29, 1.82) is 0 Å². The number of anilines is 1. The molecule has 2 heterocycles. The summed E-state index contributed by atoms with van der Waals surface area (Å²) in [5.41, 5.74) is 4.98. The van der Waals surface area contributed by atoms with E-state index in [4.69, 9.17) is 5.11 Å². The Bertz CT molecular complexity index is 1030. The molecule has 0 unspecified atom stereocenters. The summed E-state index contributed by atoms with van der Waals surface area (Å²) in [4.78, 5) is 23.5. The van der Waals surface area contributed by atoms with Crippen LogP contribution in [0.1, 0.15) is 45.1 Å². The molecule has 1 aromatic heterocycles. The minimum absolute atomic E-state index is 0.0805. The van der Waals surface area contributed by atoms with Crippen LogP contribution in [0.4, 0.5) is 5.82 Å². The first kappa shape index (κ1) is 17.0. The molecule has 1 atom stereocenters. The number of nitrogens with one attached hydrogen (secondary N) is 1. The van der Waals surface area contributed by atoms with Gasteiger partial charge in [0.05, 0.1) is 16.9 Å². The highest BCUT2D eigenvalue weighted by Crippen LogP contribution is 2.40. The van der Waals surface area contributed by atoms with Gasteiger partial charge in [0.25, 0.3) is 0 Å². The molecule has 4 rings (SSSR count). The van der Waals surface area contributed by atoms with Gasteiger partial charge in [0.1, 0.15) is 5.82 Å². The molecule has 1 amide bonds. The van der Waals surface area contributed by atoms with Gasteiger partial charge in [-0.25, -0.2) is 9.48 Å². The van der Waals surface area contributed by atoms with Gasteiger partial charge in [-0.3, -0.25) is 4.79 Å². The number of nitrogens with zero attached hydrogens (tertiary/aromatic N) is 2. The number of benzene rings is 2. The fourth-order valence-electron chi connectivity index (χ4n) is 3.56. The summed E-state index contributed by atoms with van der Waals surface area (Å²) in [6.45, 7) is 3.95. The highest BCUT2D eigenvalue weighted by Gasteiger charge is 2.32. The van der Waals surface area contributed by atoms with E-state index in [2.05, 4.69) is 10.4 Å². The number of aromatic carboxylic acids is 1. The Balaban J connectivity index is 1.81. The van der Waals surface area contributed by atoms with Gasteiger partial charge in [-0.2, -0.15) is 5.10 Å². The van der Waals surface area contributed by atoms with Gasteiger partial charge in [0.2, 0.25) is 5.91 Å². The Morgan fingerprint density at radius 1 is 1.11 bits per heavy atom. The summed E-state index contributed by atoms with van der Waals surface area (Å²) in [6.07, 6.45) is 0.305. The van der Waals surface area contributed by atoms with Crippen molar-refractivity contribution in [2.45, 2.75) is 26.2 Å². The van der Waals surface area contributed by atoms with Crippen molar-refractivity contribution in [2.24, 2.45) is 0 Å². The number of fused-ring (bicyclic) bond motifs is 1. The van der Waals surface area contributed by atoms with Gasteiger partial charge in [0, 0.05) is 17.9 Å². The van der Waals surface area contributed by atoms with E-state index >= 15 is 0 Å². The maximum atomic E-state index is 12.4. The van der Waals surface area contributed by atoms with E-state index in [-0.39, 0.29) is 17.4 Å². The minimum Gasteiger partial charge on any atom is -0.478 e. The third-order valence-corrected chi connectivity index (χ3v) is 4.94. The maximum absolute atomic E-state index is 12.4. The van der Waals surface area contributed by atoms with Gasteiger partial charge < -0.3 is 10.4 Å². The third kappa shape index (κ3) is 2.99. The molecule has 0 bridgehead atoms. The number of amides is 1. The number of rotatable bonds is 3. The summed E-state index contributed by atoms with van der Waals surface area (Å²) in [5.74, 6) is -0.522. The van der Waals surface area contributed by atoms with Crippen LogP contribution >= 0.6 is 0 Å². The Morgan fingerprint density at radius 2 is 1.78 bits per heavy atom. The molecule has 0 aliphatic carbocycles. The fraction of sp³-hybridized carbons (Fsp3) is 0.190. The zero-order chi connectivity index (χ0) is 19.1. The Kier molecular flexibility index (Phi) is 4.03. The highest BCUT2D eigenvalue weighted by molar-refractivity contribution is 5.95. The quantitative estimate of drug-likeness (QED) is 0.746. The number of hydrogen-bond donors (Lipinski definition) is 2. The number of hydrogen-bond acceptors (Lipinski definition) is 3. The summed E-state index contributed by atoms with van der Waals surface area (Å²) in [7, 11) is 0. The van der Waals surface area contributed by atoms with E-state index in [0.717, 1.165) is 28.1 Å². The molecule has 1 aliphatic heterocycles. The molecular formula is C21H19N3O3. The lowest BCUT2D eigenvalue weighted by molar-refractivity contribution is -0.116. The summed E-state index contributed by atoms with van der Waals surface area (Å²) in [5, 5.41) is 16.7. The van der Waals surface area contributed by atoms with Crippen LogP contribution in [0.3, 0.4) is 0 Å². The number of aromatic nitrogens is 2. The summed E-state index contributed by atoms with van der Waals surface area (Å²) < 4.78 is 1.76. The lowest BCUT2D eigenvalue weighted by Gasteiger charge is -2.24.